The first-order valence-corrected chi connectivity index (χ1v) is 7.87. The molecule has 2 aliphatic carbocycles. The second-order valence-corrected chi connectivity index (χ2v) is 6.37. The summed E-state index contributed by atoms with van der Waals surface area (Å²) in [4.78, 5) is 0. The zero-order valence-corrected chi connectivity index (χ0v) is 11.2. The fourth-order valence-corrected chi connectivity index (χ4v) is 3.44. The third-order valence-corrected chi connectivity index (χ3v) is 4.10. The van der Waals surface area contributed by atoms with Gasteiger partial charge in [-0.25, -0.2) is 0 Å². The highest BCUT2D eigenvalue weighted by Gasteiger charge is 2.18. The van der Waals surface area contributed by atoms with Crippen molar-refractivity contribution in [2.45, 2.75) is 32.1 Å². The highest BCUT2D eigenvalue weighted by molar-refractivity contribution is 7.84. The van der Waals surface area contributed by atoms with Crippen LogP contribution in [-0.2, 0) is 10.8 Å². The molecule has 0 bridgehead atoms. The van der Waals surface area contributed by atoms with Gasteiger partial charge in [0.15, 0.2) is 0 Å². The van der Waals surface area contributed by atoms with Crippen molar-refractivity contribution < 1.29 is 4.21 Å². The zero-order chi connectivity index (χ0) is 11.5. The van der Waals surface area contributed by atoms with Gasteiger partial charge in [-0.1, -0.05) is 23.6 Å². The van der Waals surface area contributed by atoms with Gasteiger partial charge in [0.1, 0.15) is 0 Å². The molecule has 0 fully saturated rings. The molecule has 0 radical (unpaired) electrons. The fourth-order valence-electron chi connectivity index (χ4n) is 2.41. The van der Waals surface area contributed by atoms with E-state index in [2.05, 4.69) is 6.08 Å². The zero-order valence-electron chi connectivity index (χ0n) is 9.59. The lowest BCUT2D eigenvalue weighted by atomic mass is 9.92. The van der Waals surface area contributed by atoms with E-state index < -0.39 is 10.8 Å². The molecule has 16 heavy (non-hydrogen) atoms. The van der Waals surface area contributed by atoms with Crippen molar-refractivity contribution in [1.29, 1.82) is 0 Å². The van der Waals surface area contributed by atoms with Gasteiger partial charge < -0.3 is 0 Å². The van der Waals surface area contributed by atoms with Crippen LogP contribution in [0.1, 0.15) is 32.1 Å². The smallest absolute Gasteiger partial charge is 0.0450 e. The van der Waals surface area contributed by atoms with Crippen molar-refractivity contribution in [2.75, 3.05) is 12.0 Å². The second-order valence-electron chi connectivity index (χ2n) is 4.49. The Morgan fingerprint density at radius 2 is 2.00 bits per heavy atom. The molecule has 0 aromatic rings. The Hall–Kier alpha value is -0.340. The molecule has 88 valence electrons. The molecular weight excluding hydrogens is 240 g/mol. The number of allylic oxidation sites excluding steroid dienone is 5. The van der Waals surface area contributed by atoms with E-state index in [0.29, 0.717) is 5.75 Å². The topological polar surface area (TPSA) is 17.1 Å². The lowest BCUT2D eigenvalue weighted by Gasteiger charge is -2.16. The van der Waals surface area contributed by atoms with Gasteiger partial charge >= 0.3 is 0 Å². The number of halogens is 1. The molecule has 3 heteroatoms. The quantitative estimate of drug-likeness (QED) is 0.737. The molecule has 0 spiro atoms. The molecule has 0 aromatic heterocycles. The summed E-state index contributed by atoms with van der Waals surface area (Å²) < 4.78 is 11.4. The minimum absolute atomic E-state index is 0.702. The maximum atomic E-state index is 11.4. The maximum absolute atomic E-state index is 11.4. The normalized spacial score (nSPS) is 27.6. The number of rotatable bonds is 2. The molecule has 0 aromatic carbocycles. The third-order valence-electron chi connectivity index (χ3n) is 3.12. The highest BCUT2D eigenvalue weighted by Crippen LogP contribution is 2.35. The molecule has 1 nitrogen and oxygen atoms in total. The van der Waals surface area contributed by atoms with Crippen LogP contribution in [0.15, 0.2) is 33.9 Å². The Labute approximate surface area is 105 Å². The average molecular weight is 257 g/mol. The van der Waals surface area contributed by atoms with Crippen LogP contribution in [0.2, 0.25) is 0 Å². The van der Waals surface area contributed by atoms with Gasteiger partial charge in [0.05, 0.1) is 0 Å². The van der Waals surface area contributed by atoms with Crippen molar-refractivity contribution in [3.63, 3.8) is 0 Å². The lowest BCUT2D eigenvalue weighted by molar-refractivity contribution is 0.658. The summed E-state index contributed by atoms with van der Waals surface area (Å²) in [5.74, 6) is 0.702. The molecule has 0 saturated heterocycles. The monoisotopic (exact) mass is 256 g/mol. The molecular formula is C13H17ClOS. The van der Waals surface area contributed by atoms with E-state index in [-0.39, 0.29) is 0 Å². The van der Waals surface area contributed by atoms with Gasteiger partial charge in [-0.3, -0.25) is 4.21 Å². The van der Waals surface area contributed by atoms with E-state index in [1.54, 1.807) is 6.26 Å². The first-order chi connectivity index (χ1) is 7.66. The summed E-state index contributed by atoms with van der Waals surface area (Å²) in [6.07, 6.45) is 11.8. The van der Waals surface area contributed by atoms with Gasteiger partial charge in [0.2, 0.25) is 0 Å². The Morgan fingerprint density at radius 1 is 1.25 bits per heavy atom. The van der Waals surface area contributed by atoms with Crippen LogP contribution in [0.25, 0.3) is 0 Å². The summed E-state index contributed by atoms with van der Waals surface area (Å²) in [7, 11) is -0.755. The summed E-state index contributed by atoms with van der Waals surface area (Å²) >= 11 is 6.07. The number of hydrogen-bond acceptors (Lipinski definition) is 1. The van der Waals surface area contributed by atoms with Crippen LogP contribution in [0, 0.1) is 0 Å². The van der Waals surface area contributed by atoms with Gasteiger partial charge in [-0.05, 0) is 49.0 Å². The summed E-state index contributed by atoms with van der Waals surface area (Å²) in [5, 5.41) is 0.825. The number of fused-ring (bicyclic) bond motifs is 1. The molecule has 0 saturated carbocycles. The van der Waals surface area contributed by atoms with E-state index in [1.807, 2.05) is 6.08 Å². The van der Waals surface area contributed by atoms with Gasteiger partial charge in [0.25, 0.3) is 0 Å². The Balaban J connectivity index is 2.34. The molecule has 1 unspecified atom stereocenters. The Morgan fingerprint density at radius 3 is 2.75 bits per heavy atom. The van der Waals surface area contributed by atoms with E-state index >= 15 is 0 Å². The van der Waals surface area contributed by atoms with Crippen molar-refractivity contribution in [3.8, 4) is 0 Å². The minimum Gasteiger partial charge on any atom is -0.260 e. The van der Waals surface area contributed by atoms with E-state index in [9.17, 15) is 4.21 Å². The molecule has 2 aliphatic rings. The van der Waals surface area contributed by atoms with Crippen LogP contribution in [0.4, 0.5) is 0 Å². The molecule has 0 heterocycles. The first-order valence-electron chi connectivity index (χ1n) is 5.77. The minimum atomic E-state index is -0.755. The largest absolute Gasteiger partial charge is 0.260 e. The molecule has 0 N–H and O–H groups in total. The molecule has 0 amide bonds. The Bertz CT molecular complexity index is 404. The first kappa shape index (κ1) is 12.1. The third kappa shape index (κ3) is 2.86. The van der Waals surface area contributed by atoms with E-state index in [1.165, 1.54) is 36.0 Å². The van der Waals surface area contributed by atoms with Gasteiger partial charge in [-0.2, -0.15) is 0 Å². The summed E-state index contributed by atoms with van der Waals surface area (Å²) in [6.45, 7) is 0. The van der Waals surface area contributed by atoms with Crippen molar-refractivity contribution >= 4 is 22.4 Å². The molecule has 1 atom stereocenters. The molecule has 2 rings (SSSR count). The predicted octanol–water partition coefficient (Wildman–Crippen LogP) is 3.69. The lowest BCUT2D eigenvalue weighted by Crippen LogP contribution is -2.05. The van der Waals surface area contributed by atoms with Crippen LogP contribution < -0.4 is 0 Å². The standard InChI is InChI=1S/C13H17ClOS/c1-16(15)9-11-6-4-2-3-5-10-7-12(14)8-13(10)11/h7-8H,2-6,9H2,1H3/b13-11+. The van der Waals surface area contributed by atoms with Crippen LogP contribution in [-0.4, -0.2) is 16.2 Å². The fraction of sp³-hybridized carbons (Fsp3) is 0.538. The summed E-state index contributed by atoms with van der Waals surface area (Å²) in [5.41, 5.74) is 3.97. The second kappa shape index (κ2) is 5.33. The number of hydrogen-bond donors (Lipinski definition) is 0. The summed E-state index contributed by atoms with van der Waals surface area (Å²) in [6, 6.07) is 0. The van der Waals surface area contributed by atoms with E-state index in [4.69, 9.17) is 11.6 Å². The van der Waals surface area contributed by atoms with Crippen molar-refractivity contribution in [1.82, 2.24) is 0 Å². The maximum Gasteiger partial charge on any atom is 0.0450 e. The van der Waals surface area contributed by atoms with Crippen LogP contribution in [0.3, 0.4) is 0 Å². The van der Waals surface area contributed by atoms with Crippen LogP contribution >= 0.6 is 11.6 Å². The highest BCUT2D eigenvalue weighted by atomic mass is 35.5. The van der Waals surface area contributed by atoms with Gasteiger partial charge in [0, 0.05) is 27.8 Å². The van der Waals surface area contributed by atoms with Gasteiger partial charge in [-0.15, -0.1) is 0 Å². The average Bonchev–Trinajstić information content (AvgIpc) is 2.53. The van der Waals surface area contributed by atoms with Crippen molar-refractivity contribution in [3.05, 3.63) is 33.9 Å². The Kier molecular flexibility index (Phi) is 4.04. The molecule has 0 aliphatic heterocycles. The van der Waals surface area contributed by atoms with E-state index in [0.717, 1.165) is 17.9 Å². The van der Waals surface area contributed by atoms with Crippen molar-refractivity contribution in [2.24, 2.45) is 0 Å². The SMILES string of the molecule is CS(=O)C/C1=C2\C=C(Cl)C=C2CCCCC1. The van der Waals surface area contributed by atoms with Crippen LogP contribution in [0.5, 0.6) is 0 Å². The predicted molar refractivity (Wildman–Crippen MR) is 71.1 cm³/mol.